The minimum Gasteiger partial charge on any atom is -0.388 e. The molecule has 4 heteroatoms. The van der Waals surface area contributed by atoms with Crippen LogP contribution < -0.4 is 0 Å². The van der Waals surface area contributed by atoms with E-state index in [1.54, 1.807) is 6.07 Å². The second-order valence-corrected chi connectivity index (χ2v) is 6.65. The molecule has 1 N–H and O–H groups in total. The molecule has 2 rings (SSSR count). The molecule has 0 amide bonds. The number of halogens is 2. The Labute approximate surface area is 131 Å². The standard InChI is InChI=1S/C16H23Cl2NO/c1-19(11-12-5-2-3-6-12)10-9-15(20)13-7-4-8-14(17)16(13)18/h4,7-8,12,15,20H,2-3,5-6,9-11H2,1H3. The highest BCUT2D eigenvalue weighted by Crippen LogP contribution is 2.31. The Morgan fingerprint density at radius 3 is 2.70 bits per heavy atom. The van der Waals surface area contributed by atoms with Crippen LogP contribution in [0, 0.1) is 5.92 Å². The summed E-state index contributed by atoms with van der Waals surface area (Å²) in [5.74, 6) is 0.840. The second kappa shape index (κ2) is 7.65. The smallest absolute Gasteiger partial charge is 0.0817 e. The fourth-order valence-electron chi connectivity index (χ4n) is 3.00. The van der Waals surface area contributed by atoms with Crippen molar-refractivity contribution >= 4 is 23.2 Å². The van der Waals surface area contributed by atoms with Gasteiger partial charge in [0, 0.05) is 18.7 Å². The van der Waals surface area contributed by atoms with E-state index in [4.69, 9.17) is 23.2 Å². The average molecular weight is 316 g/mol. The molecule has 1 aromatic rings. The summed E-state index contributed by atoms with van der Waals surface area (Å²) >= 11 is 12.1. The van der Waals surface area contributed by atoms with E-state index < -0.39 is 6.10 Å². The average Bonchev–Trinajstić information content (AvgIpc) is 2.92. The summed E-state index contributed by atoms with van der Waals surface area (Å²) in [4.78, 5) is 2.32. The molecule has 0 heterocycles. The van der Waals surface area contributed by atoms with Crippen molar-refractivity contribution in [2.24, 2.45) is 5.92 Å². The minimum atomic E-state index is -0.549. The maximum absolute atomic E-state index is 10.3. The first-order chi connectivity index (χ1) is 9.58. The van der Waals surface area contributed by atoms with Crippen LogP contribution in [0.4, 0.5) is 0 Å². The fraction of sp³-hybridized carbons (Fsp3) is 0.625. The third-order valence-corrected chi connectivity index (χ3v) is 5.00. The van der Waals surface area contributed by atoms with Crippen LogP contribution in [0.15, 0.2) is 18.2 Å². The van der Waals surface area contributed by atoms with Crippen molar-refractivity contribution in [3.05, 3.63) is 33.8 Å². The number of rotatable bonds is 6. The number of benzene rings is 1. The number of aliphatic hydroxyl groups excluding tert-OH is 1. The molecule has 1 aliphatic rings. The van der Waals surface area contributed by atoms with E-state index in [0.29, 0.717) is 16.5 Å². The molecule has 0 saturated heterocycles. The van der Waals surface area contributed by atoms with E-state index in [1.807, 2.05) is 12.1 Å². The van der Waals surface area contributed by atoms with Gasteiger partial charge in [0.15, 0.2) is 0 Å². The van der Waals surface area contributed by atoms with E-state index in [9.17, 15) is 5.11 Å². The van der Waals surface area contributed by atoms with Gasteiger partial charge in [-0.15, -0.1) is 0 Å². The minimum absolute atomic E-state index is 0.472. The highest BCUT2D eigenvalue weighted by molar-refractivity contribution is 6.42. The molecule has 0 radical (unpaired) electrons. The lowest BCUT2D eigenvalue weighted by Crippen LogP contribution is -2.26. The molecule has 1 aromatic carbocycles. The number of nitrogens with zero attached hydrogens (tertiary/aromatic N) is 1. The molecule has 1 aliphatic carbocycles. The zero-order valence-corrected chi connectivity index (χ0v) is 13.5. The Morgan fingerprint density at radius 2 is 2.00 bits per heavy atom. The van der Waals surface area contributed by atoms with Crippen LogP contribution >= 0.6 is 23.2 Å². The maximum Gasteiger partial charge on any atom is 0.0817 e. The van der Waals surface area contributed by atoms with Crippen LogP contribution in [0.5, 0.6) is 0 Å². The highest BCUT2D eigenvalue weighted by Gasteiger charge is 2.18. The molecule has 1 atom stereocenters. The number of hydrogen-bond acceptors (Lipinski definition) is 2. The number of hydrogen-bond donors (Lipinski definition) is 1. The van der Waals surface area contributed by atoms with Crippen molar-refractivity contribution in [2.75, 3.05) is 20.1 Å². The lowest BCUT2D eigenvalue weighted by Gasteiger charge is -2.22. The van der Waals surface area contributed by atoms with E-state index in [1.165, 1.54) is 25.7 Å². The molecule has 0 aromatic heterocycles. The van der Waals surface area contributed by atoms with Crippen molar-refractivity contribution in [2.45, 2.75) is 38.2 Å². The molecule has 1 fully saturated rings. The Morgan fingerprint density at radius 1 is 1.30 bits per heavy atom. The van der Waals surface area contributed by atoms with Crippen LogP contribution in [0.2, 0.25) is 10.0 Å². The van der Waals surface area contributed by atoms with Crippen molar-refractivity contribution < 1.29 is 5.11 Å². The fourth-order valence-corrected chi connectivity index (χ4v) is 3.43. The van der Waals surface area contributed by atoms with Gasteiger partial charge in [0.2, 0.25) is 0 Å². The molecule has 112 valence electrons. The topological polar surface area (TPSA) is 23.5 Å². The van der Waals surface area contributed by atoms with Gasteiger partial charge in [0.05, 0.1) is 16.1 Å². The molecule has 0 aliphatic heterocycles. The van der Waals surface area contributed by atoms with E-state index >= 15 is 0 Å². The van der Waals surface area contributed by atoms with Crippen molar-refractivity contribution in [1.29, 1.82) is 0 Å². The van der Waals surface area contributed by atoms with Crippen molar-refractivity contribution in [1.82, 2.24) is 4.90 Å². The monoisotopic (exact) mass is 315 g/mol. The molecule has 20 heavy (non-hydrogen) atoms. The van der Waals surface area contributed by atoms with Gasteiger partial charge in [-0.25, -0.2) is 0 Å². The normalized spacial score (nSPS) is 17.9. The Balaban J connectivity index is 1.81. The molecule has 2 nitrogen and oxygen atoms in total. The predicted octanol–water partition coefficient (Wildman–Crippen LogP) is 4.54. The first kappa shape index (κ1) is 16.1. The molecule has 0 spiro atoms. The summed E-state index contributed by atoms with van der Waals surface area (Å²) in [7, 11) is 2.13. The van der Waals surface area contributed by atoms with Crippen LogP contribution in [0.3, 0.4) is 0 Å². The van der Waals surface area contributed by atoms with Gasteiger partial charge in [0.1, 0.15) is 0 Å². The molecule has 1 unspecified atom stereocenters. The summed E-state index contributed by atoms with van der Waals surface area (Å²) in [5, 5.41) is 11.2. The van der Waals surface area contributed by atoms with Gasteiger partial charge in [0.25, 0.3) is 0 Å². The number of aliphatic hydroxyl groups is 1. The lowest BCUT2D eigenvalue weighted by molar-refractivity contribution is 0.144. The lowest BCUT2D eigenvalue weighted by atomic mass is 10.1. The zero-order valence-electron chi connectivity index (χ0n) is 12.0. The van der Waals surface area contributed by atoms with Gasteiger partial charge in [-0.2, -0.15) is 0 Å². The van der Waals surface area contributed by atoms with Gasteiger partial charge in [-0.1, -0.05) is 48.2 Å². The van der Waals surface area contributed by atoms with Crippen molar-refractivity contribution in [3.8, 4) is 0 Å². The highest BCUT2D eigenvalue weighted by atomic mass is 35.5. The molecular weight excluding hydrogens is 293 g/mol. The van der Waals surface area contributed by atoms with Crippen molar-refractivity contribution in [3.63, 3.8) is 0 Å². The first-order valence-corrected chi connectivity index (χ1v) is 8.14. The van der Waals surface area contributed by atoms with Gasteiger partial charge >= 0.3 is 0 Å². The third-order valence-electron chi connectivity index (χ3n) is 4.17. The third kappa shape index (κ3) is 4.36. The van der Waals surface area contributed by atoms with Crippen LogP contribution in [-0.2, 0) is 0 Å². The molecular formula is C16H23Cl2NO. The van der Waals surface area contributed by atoms with Crippen LogP contribution in [0.1, 0.15) is 43.8 Å². The van der Waals surface area contributed by atoms with Gasteiger partial charge in [-0.05, 0) is 38.3 Å². The molecule has 0 bridgehead atoms. The Kier molecular flexibility index (Phi) is 6.16. The van der Waals surface area contributed by atoms with Crippen LogP contribution in [-0.4, -0.2) is 30.1 Å². The van der Waals surface area contributed by atoms with Crippen LogP contribution in [0.25, 0.3) is 0 Å². The SMILES string of the molecule is CN(CCC(O)c1cccc(Cl)c1Cl)CC1CCCC1. The summed E-state index contributed by atoms with van der Waals surface area (Å²) in [6.45, 7) is 2.01. The zero-order chi connectivity index (χ0) is 14.5. The second-order valence-electron chi connectivity index (χ2n) is 5.86. The van der Waals surface area contributed by atoms with Gasteiger partial charge in [-0.3, -0.25) is 0 Å². The van der Waals surface area contributed by atoms with E-state index in [2.05, 4.69) is 11.9 Å². The Hall–Kier alpha value is -0.280. The maximum atomic E-state index is 10.3. The largest absolute Gasteiger partial charge is 0.388 e. The summed E-state index contributed by atoms with van der Waals surface area (Å²) in [5.41, 5.74) is 0.730. The molecule has 1 saturated carbocycles. The van der Waals surface area contributed by atoms with Gasteiger partial charge < -0.3 is 10.0 Å². The van der Waals surface area contributed by atoms with E-state index in [-0.39, 0.29) is 0 Å². The summed E-state index contributed by atoms with van der Waals surface area (Å²) in [6.07, 6.45) is 5.59. The summed E-state index contributed by atoms with van der Waals surface area (Å²) < 4.78 is 0. The van der Waals surface area contributed by atoms with E-state index in [0.717, 1.165) is 24.6 Å². The summed E-state index contributed by atoms with van der Waals surface area (Å²) in [6, 6.07) is 5.41. The first-order valence-electron chi connectivity index (χ1n) is 7.38. The Bertz CT molecular complexity index is 432. The predicted molar refractivity (Wildman–Crippen MR) is 85.5 cm³/mol. The quantitative estimate of drug-likeness (QED) is 0.833.